The van der Waals surface area contributed by atoms with Gasteiger partial charge in [-0.1, -0.05) is 214 Å². The highest BCUT2D eigenvalue weighted by Gasteiger charge is 2.25. The molecule has 0 heterocycles. The topological polar surface area (TPSA) is 108 Å². The van der Waals surface area contributed by atoms with Gasteiger partial charge >= 0.3 is 17.9 Å². The Morgan fingerprint density at radius 1 is 0.437 bits per heavy atom. The molecule has 0 aromatic heterocycles. The average molecular weight is 994 g/mol. The first-order chi connectivity index (χ1) is 34.6. The minimum Gasteiger partial charge on any atom is -0.477 e. The van der Waals surface area contributed by atoms with Crippen LogP contribution in [0, 0.1) is 0 Å². The minimum absolute atomic E-state index is 0.183. The number of quaternary nitrogens is 1. The molecular weight excluding hydrogens is 887 g/mol. The lowest BCUT2D eigenvalue weighted by Gasteiger charge is -2.25. The summed E-state index contributed by atoms with van der Waals surface area (Å²) in [5, 5.41) is 9.67. The molecule has 9 heteroatoms. The average Bonchev–Trinajstić information content (AvgIpc) is 3.34. The van der Waals surface area contributed by atoms with E-state index in [0.717, 1.165) is 109 Å². The van der Waals surface area contributed by atoms with Gasteiger partial charge in [0.2, 0.25) is 0 Å². The van der Waals surface area contributed by atoms with Crippen molar-refractivity contribution in [1.29, 1.82) is 0 Å². The Bertz CT molecular complexity index is 1480. The Kier molecular flexibility index (Phi) is 49.7. The number of hydrogen-bond donors (Lipinski definition) is 1. The predicted octanol–water partition coefficient (Wildman–Crippen LogP) is 16.6. The molecule has 0 amide bonds. The van der Waals surface area contributed by atoms with E-state index in [2.05, 4.69) is 111 Å². The number of likely N-dealkylation sites (N-methyl/N-ethyl adjacent to an activating group) is 1. The van der Waals surface area contributed by atoms with Gasteiger partial charge in [0.05, 0.1) is 34.4 Å². The molecule has 0 aromatic rings. The largest absolute Gasteiger partial charge is 0.477 e. The smallest absolute Gasteiger partial charge is 0.361 e. The van der Waals surface area contributed by atoms with Crippen LogP contribution >= 0.6 is 0 Å². The molecule has 0 radical (unpaired) electrons. The quantitative estimate of drug-likeness (QED) is 0.0211. The van der Waals surface area contributed by atoms with E-state index >= 15 is 0 Å². The molecule has 0 aliphatic rings. The van der Waals surface area contributed by atoms with Crippen molar-refractivity contribution in [2.24, 2.45) is 0 Å². The van der Waals surface area contributed by atoms with Crippen LogP contribution in [0.25, 0.3) is 0 Å². The molecular formula is C62H106NO8+. The molecule has 71 heavy (non-hydrogen) atoms. The number of aliphatic carboxylic acids is 1. The first-order valence-corrected chi connectivity index (χ1v) is 28.4. The lowest BCUT2D eigenvalue weighted by Crippen LogP contribution is -2.40. The second-order valence-corrected chi connectivity index (χ2v) is 19.9. The number of ether oxygens (including phenoxy) is 4. The van der Waals surface area contributed by atoms with Crippen LogP contribution in [0.15, 0.2) is 97.2 Å². The number of hydrogen-bond acceptors (Lipinski definition) is 7. The zero-order valence-electron chi connectivity index (χ0n) is 46.1. The summed E-state index contributed by atoms with van der Waals surface area (Å²) in [6.45, 7) is 4.70. The van der Waals surface area contributed by atoms with Gasteiger partial charge < -0.3 is 28.5 Å². The molecule has 0 aliphatic carbocycles. The van der Waals surface area contributed by atoms with E-state index in [4.69, 9.17) is 18.9 Å². The molecule has 0 aliphatic heterocycles. The minimum atomic E-state index is -1.51. The normalized spacial score (nSPS) is 13.5. The van der Waals surface area contributed by atoms with E-state index in [1.807, 2.05) is 21.1 Å². The zero-order chi connectivity index (χ0) is 52.0. The molecule has 9 nitrogen and oxygen atoms in total. The summed E-state index contributed by atoms with van der Waals surface area (Å²) < 4.78 is 22.8. The van der Waals surface area contributed by atoms with Gasteiger partial charge in [0.1, 0.15) is 13.2 Å². The van der Waals surface area contributed by atoms with Crippen LogP contribution in [0.3, 0.4) is 0 Å². The fraction of sp³-hybridized carbons (Fsp3) is 0.694. The maximum absolute atomic E-state index is 12.8. The summed E-state index contributed by atoms with van der Waals surface area (Å²) in [6, 6.07) is 0. The molecule has 2 unspecified atom stereocenters. The highest BCUT2D eigenvalue weighted by atomic mass is 16.7. The number of unbranched alkanes of at least 4 members (excludes halogenated alkanes) is 20. The summed E-state index contributed by atoms with van der Waals surface area (Å²) in [5.41, 5.74) is 0. The maximum atomic E-state index is 12.8. The van der Waals surface area contributed by atoms with Crippen molar-refractivity contribution in [2.75, 3.05) is 47.5 Å². The number of carboxylic acids is 1. The van der Waals surface area contributed by atoms with E-state index in [9.17, 15) is 19.5 Å². The second kappa shape index (κ2) is 52.5. The zero-order valence-corrected chi connectivity index (χ0v) is 46.1. The van der Waals surface area contributed by atoms with Gasteiger partial charge in [-0.3, -0.25) is 9.59 Å². The van der Waals surface area contributed by atoms with E-state index in [1.165, 1.54) is 77.0 Å². The van der Waals surface area contributed by atoms with Gasteiger partial charge in [-0.15, -0.1) is 0 Å². The van der Waals surface area contributed by atoms with E-state index < -0.39 is 24.3 Å². The first-order valence-electron chi connectivity index (χ1n) is 28.4. The molecule has 0 saturated carbocycles. The molecule has 0 aromatic carbocycles. The fourth-order valence-corrected chi connectivity index (χ4v) is 7.44. The van der Waals surface area contributed by atoms with Crippen LogP contribution < -0.4 is 0 Å². The number of rotatable bonds is 51. The molecule has 1 N–H and O–H groups in total. The van der Waals surface area contributed by atoms with Crippen molar-refractivity contribution >= 4 is 17.9 Å². The summed E-state index contributed by atoms with van der Waals surface area (Å²) >= 11 is 0. The lowest BCUT2D eigenvalue weighted by molar-refractivity contribution is -0.870. The third-order valence-corrected chi connectivity index (χ3v) is 11.8. The Hall–Kier alpha value is -3.79. The Labute approximate surface area is 435 Å². The maximum Gasteiger partial charge on any atom is 0.361 e. The molecule has 0 fully saturated rings. The summed E-state index contributed by atoms with van der Waals surface area (Å²) in [4.78, 5) is 37.2. The number of carbonyl (C=O) groups excluding carboxylic acids is 2. The summed E-state index contributed by atoms with van der Waals surface area (Å²) in [7, 11) is 5.95. The van der Waals surface area contributed by atoms with Crippen LogP contribution in [-0.4, -0.2) is 87.4 Å². The number of nitrogens with zero attached hydrogens (tertiary/aromatic N) is 1. The Morgan fingerprint density at radius 3 is 1.21 bits per heavy atom. The number of allylic oxidation sites excluding steroid dienone is 16. The van der Waals surface area contributed by atoms with Crippen LogP contribution in [0.1, 0.15) is 219 Å². The van der Waals surface area contributed by atoms with E-state index in [-0.39, 0.29) is 38.6 Å². The van der Waals surface area contributed by atoms with Crippen molar-refractivity contribution in [3.05, 3.63) is 97.2 Å². The predicted molar refractivity (Wildman–Crippen MR) is 299 cm³/mol. The number of esters is 2. The van der Waals surface area contributed by atoms with Gasteiger partial charge in [-0.05, 0) is 89.9 Å². The first kappa shape index (κ1) is 67.2. The van der Waals surface area contributed by atoms with Crippen molar-refractivity contribution in [3.8, 4) is 0 Å². The van der Waals surface area contributed by atoms with Gasteiger partial charge in [0.15, 0.2) is 6.10 Å². The SMILES string of the molecule is CC/C=C\C/C=C\C/C=C\C/C=C\C/C=C\C/C=C\C/C=C\CCCCCCCCCCCCCCCC(=O)OC(COC(=O)CCCCCCC/C=C\CCCC)COC(OCC[N+](C)(C)C)C(=O)O. The van der Waals surface area contributed by atoms with Crippen molar-refractivity contribution in [3.63, 3.8) is 0 Å². The van der Waals surface area contributed by atoms with Crippen molar-refractivity contribution in [1.82, 2.24) is 0 Å². The lowest BCUT2D eigenvalue weighted by atomic mass is 10.0. The van der Waals surface area contributed by atoms with Gasteiger partial charge in [0.25, 0.3) is 6.29 Å². The van der Waals surface area contributed by atoms with E-state index in [1.54, 1.807) is 0 Å². The summed E-state index contributed by atoms with van der Waals surface area (Å²) in [5.74, 6) is -2.03. The third kappa shape index (κ3) is 53.8. The van der Waals surface area contributed by atoms with Crippen LogP contribution in [0.4, 0.5) is 0 Å². The van der Waals surface area contributed by atoms with E-state index in [0.29, 0.717) is 17.4 Å². The monoisotopic (exact) mass is 993 g/mol. The van der Waals surface area contributed by atoms with Gasteiger partial charge in [-0.2, -0.15) is 0 Å². The Balaban J connectivity index is 4.11. The summed E-state index contributed by atoms with van der Waals surface area (Å²) in [6.07, 6.45) is 67.8. The highest BCUT2D eigenvalue weighted by Crippen LogP contribution is 2.15. The fourth-order valence-electron chi connectivity index (χ4n) is 7.44. The number of carbonyl (C=O) groups is 3. The molecule has 0 spiro atoms. The van der Waals surface area contributed by atoms with Crippen molar-refractivity contribution < 1.29 is 42.9 Å². The van der Waals surface area contributed by atoms with Crippen LogP contribution in [0.5, 0.6) is 0 Å². The number of carboxylic acid groups (broad SMARTS) is 1. The standard InChI is InChI=1S/C62H105NO8/c1-6-8-10-12-14-16-18-19-20-21-22-23-24-25-26-27-28-29-30-31-32-33-34-35-36-37-38-39-40-41-43-45-47-49-51-53-60(65)71-58(57-70-62(61(66)67)68-55-54-63(3,4)5)56-69-59(64)52-50-48-46-44-42-17-15-13-11-9-7-2/h8,10,13-16,19-20,22-23,25-26,28-29,31-32,58,62H,6-7,9,11-12,17-18,21,24,27,30,33-57H2,1-5H3/p+1/b10-8-,15-13-,16-14-,20-19-,23-22-,26-25-,29-28-,32-31-. The third-order valence-electron chi connectivity index (χ3n) is 11.8. The molecule has 2 atom stereocenters. The van der Waals surface area contributed by atoms with Crippen LogP contribution in [0.2, 0.25) is 0 Å². The van der Waals surface area contributed by atoms with Crippen molar-refractivity contribution in [2.45, 2.75) is 232 Å². The molecule has 406 valence electrons. The van der Waals surface area contributed by atoms with Gasteiger partial charge in [0, 0.05) is 12.8 Å². The Morgan fingerprint density at radius 2 is 0.803 bits per heavy atom. The molecule has 0 bridgehead atoms. The van der Waals surface area contributed by atoms with Crippen LogP contribution in [-0.2, 0) is 33.3 Å². The molecule has 0 rings (SSSR count). The van der Waals surface area contributed by atoms with Gasteiger partial charge in [-0.25, -0.2) is 4.79 Å². The molecule has 0 saturated heterocycles. The highest BCUT2D eigenvalue weighted by molar-refractivity contribution is 5.71. The second-order valence-electron chi connectivity index (χ2n) is 19.9.